The molecule has 1 atom stereocenters. The number of hydrogen-bond donors (Lipinski definition) is 0. The first kappa shape index (κ1) is 26.7. The fourth-order valence-corrected chi connectivity index (χ4v) is 4.61. The second kappa shape index (κ2) is 15.2. The molecule has 0 aliphatic carbocycles. The number of furan rings is 1. The zero-order valence-corrected chi connectivity index (χ0v) is 20.9. The molecular weight excluding hydrogens is 434 g/mol. The first-order chi connectivity index (χ1) is 16.7. The SMILES string of the molecule is CCCCCCC(=O)N(CCCN1CCOCC1)CC(=O)N(Cc1ccco1)CC1CCCO1. The fraction of sp³-hybridized carbons (Fsp3) is 0.769. The maximum Gasteiger partial charge on any atom is 0.242 e. The van der Waals surface area contributed by atoms with E-state index in [0.29, 0.717) is 26.1 Å². The van der Waals surface area contributed by atoms with Crippen LogP contribution in [0.15, 0.2) is 22.8 Å². The zero-order valence-electron chi connectivity index (χ0n) is 20.9. The molecule has 0 N–H and O–H groups in total. The minimum absolute atomic E-state index is 0.0415. The smallest absolute Gasteiger partial charge is 0.242 e. The predicted octanol–water partition coefficient (Wildman–Crippen LogP) is 3.31. The molecule has 34 heavy (non-hydrogen) atoms. The summed E-state index contributed by atoms with van der Waals surface area (Å²) in [5, 5.41) is 0. The van der Waals surface area contributed by atoms with Gasteiger partial charge in [0.25, 0.3) is 0 Å². The van der Waals surface area contributed by atoms with Crippen LogP contribution in [-0.2, 0) is 25.6 Å². The van der Waals surface area contributed by atoms with Gasteiger partial charge in [-0.05, 0) is 37.8 Å². The summed E-state index contributed by atoms with van der Waals surface area (Å²) in [5.41, 5.74) is 0. The average Bonchev–Trinajstić information content (AvgIpc) is 3.56. The molecule has 192 valence electrons. The van der Waals surface area contributed by atoms with Crippen LogP contribution in [0, 0.1) is 0 Å². The van der Waals surface area contributed by atoms with Crippen molar-refractivity contribution in [2.24, 2.45) is 0 Å². The lowest BCUT2D eigenvalue weighted by molar-refractivity contribution is -0.142. The van der Waals surface area contributed by atoms with Gasteiger partial charge in [0.15, 0.2) is 0 Å². The molecule has 1 aromatic heterocycles. The van der Waals surface area contributed by atoms with Crippen molar-refractivity contribution in [1.82, 2.24) is 14.7 Å². The van der Waals surface area contributed by atoms with Crippen LogP contribution in [0.1, 0.15) is 64.1 Å². The van der Waals surface area contributed by atoms with E-state index in [1.54, 1.807) is 16.1 Å². The second-order valence-corrected chi connectivity index (χ2v) is 9.42. The standard InChI is InChI=1S/C26H43N3O5/c1-2-3-4-5-11-25(30)28(13-8-12-27-14-18-32-19-15-27)22-26(31)29(20-23-9-6-16-33-23)21-24-10-7-17-34-24/h6,9,16,24H,2-5,7-8,10-15,17-22H2,1H3. The number of rotatable bonds is 15. The van der Waals surface area contributed by atoms with Crippen LogP contribution in [0.25, 0.3) is 0 Å². The predicted molar refractivity (Wildman–Crippen MR) is 130 cm³/mol. The minimum Gasteiger partial charge on any atom is -0.467 e. The summed E-state index contributed by atoms with van der Waals surface area (Å²) in [7, 11) is 0. The van der Waals surface area contributed by atoms with Crippen LogP contribution in [0.2, 0.25) is 0 Å². The summed E-state index contributed by atoms with van der Waals surface area (Å²) >= 11 is 0. The highest BCUT2D eigenvalue weighted by molar-refractivity contribution is 5.84. The van der Waals surface area contributed by atoms with Gasteiger partial charge in [0.2, 0.25) is 11.8 Å². The van der Waals surface area contributed by atoms with Crippen molar-refractivity contribution in [3.63, 3.8) is 0 Å². The lowest BCUT2D eigenvalue weighted by Gasteiger charge is -2.30. The molecule has 2 amide bonds. The third kappa shape index (κ3) is 9.39. The Morgan fingerprint density at radius 2 is 1.91 bits per heavy atom. The number of hydrogen-bond acceptors (Lipinski definition) is 6. The number of unbranched alkanes of at least 4 members (excludes halogenated alkanes) is 3. The van der Waals surface area contributed by atoms with Crippen LogP contribution in [0.5, 0.6) is 0 Å². The molecular formula is C26H43N3O5. The quantitative estimate of drug-likeness (QED) is 0.361. The summed E-state index contributed by atoms with van der Waals surface area (Å²) in [5.74, 6) is 0.790. The summed E-state index contributed by atoms with van der Waals surface area (Å²) in [6.07, 6.45) is 9.25. The van der Waals surface area contributed by atoms with Crippen LogP contribution in [-0.4, -0.2) is 91.7 Å². The molecule has 0 saturated carbocycles. The van der Waals surface area contributed by atoms with E-state index in [-0.39, 0.29) is 24.5 Å². The topological polar surface area (TPSA) is 75.5 Å². The van der Waals surface area contributed by atoms with Gasteiger partial charge in [-0.15, -0.1) is 0 Å². The Balaban J connectivity index is 1.58. The molecule has 0 aromatic carbocycles. The molecule has 0 bridgehead atoms. The maximum absolute atomic E-state index is 13.4. The Morgan fingerprint density at radius 3 is 2.62 bits per heavy atom. The van der Waals surface area contributed by atoms with Gasteiger partial charge in [-0.1, -0.05) is 26.2 Å². The molecule has 2 aliphatic heterocycles. The first-order valence-corrected chi connectivity index (χ1v) is 13.2. The van der Waals surface area contributed by atoms with E-state index in [1.165, 1.54) is 0 Å². The van der Waals surface area contributed by atoms with E-state index in [4.69, 9.17) is 13.9 Å². The second-order valence-electron chi connectivity index (χ2n) is 9.42. The Labute approximate surface area is 204 Å². The Kier molecular flexibility index (Phi) is 11.9. The highest BCUT2D eigenvalue weighted by atomic mass is 16.5. The van der Waals surface area contributed by atoms with Crippen LogP contribution >= 0.6 is 0 Å². The van der Waals surface area contributed by atoms with Crippen molar-refractivity contribution in [2.75, 3.05) is 59.1 Å². The van der Waals surface area contributed by atoms with E-state index in [2.05, 4.69) is 11.8 Å². The number of carbonyl (C=O) groups is 2. The van der Waals surface area contributed by atoms with Gasteiger partial charge in [-0.25, -0.2) is 0 Å². The fourth-order valence-electron chi connectivity index (χ4n) is 4.61. The zero-order chi connectivity index (χ0) is 24.0. The van der Waals surface area contributed by atoms with Crippen LogP contribution in [0.3, 0.4) is 0 Å². The van der Waals surface area contributed by atoms with Gasteiger partial charge >= 0.3 is 0 Å². The monoisotopic (exact) mass is 477 g/mol. The van der Waals surface area contributed by atoms with E-state index in [0.717, 1.165) is 90.2 Å². The van der Waals surface area contributed by atoms with Crippen molar-refractivity contribution in [2.45, 2.75) is 70.9 Å². The molecule has 0 radical (unpaired) electrons. The number of morpholine rings is 1. The molecule has 1 aromatic rings. The van der Waals surface area contributed by atoms with Gasteiger partial charge in [0.05, 0.1) is 38.7 Å². The van der Waals surface area contributed by atoms with E-state index in [9.17, 15) is 9.59 Å². The lowest BCUT2D eigenvalue weighted by atomic mass is 10.1. The summed E-state index contributed by atoms with van der Waals surface area (Å²) in [6.45, 7) is 8.88. The normalized spacial score (nSPS) is 18.8. The van der Waals surface area contributed by atoms with Crippen molar-refractivity contribution < 1.29 is 23.5 Å². The number of ether oxygens (including phenoxy) is 2. The minimum atomic E-state index is -0.0415. The van der Waals surface area contributed by atoms with Crippen molar-refractivity contribution in [3.8, 4) is 0 Å². The molecule has 3 heterocycles. The van der Waals surface area contributed by atoms with Crippen molar-refractivity contribution >= 4 is 11.8 Å². The van der Waals surface area contributed by atoms with Gasteiger partial charge in [-0.3, -0.25) is 14.5 Å². The van der Waals surface area contributed by atoms with Crippen LogP contribution < -0.4 is 0 Å². The largest absolute Gasteiger partial charge is 0.467 e. The molecule has 8 nitrogen and oxygen atoms in total. The number of carbonyl (C=O) groups excluding carboxylic acids is 2. The molecule has 2 saturated heterocycles. The third-order valence-corrected chi connectivity index (χ3v) is 6.66. The Bertz CT molecular complexity index is 699. The third-order valence-electron chi connectivity index (χ3n) is 6.66. The van der Waals surface area contributed by atoms with Gasteiger partial charge in [0.1, 0.15) is 5.76 Å². The average molecular weight is 478 g/mol. The first-order valence-electron chi connectivity index (χ1n) is 13.2. The lowest BCUT2D eigenvalue weighted by Crippen LogP contribution is -2.46. The Morgan fingerprint density at radius 1 is 1.06 bits per heavy atom. The molecule has 2 fully saturated rings. The van der Waals surface area contributed by atoms with E-state index in [1.807, 2.05) is 12.1 Å². The van der Waals surface area contributed by atoms with E-state index < -0.39 is 0 Å². The number of amides is 2. The molecule has 2 aliphatic rings. The highest BCUT2D eigenvalue weighted by Crippen LogP contribution is 2.16. The van der Waals surface area contributed by atoms with E-state index >= 15 is 0 Å². The summed E-state index contributed by atoms with van der Waals surface area (Å²) in [6, 6.07) is 3.72. The number of nitrogens with zero attached hydrogens (tertiary/aromatic N) is 3. The summed E-state index contributed by atoms with van der Waals surface area (Å²) in [4.78, 5) is 32.5. The van der Waals surface area contributed by atoms with Crippen molar-refractivity contribution in [1.29, 1.82) is 0 Å². The van der Waals surface area contributed by atoms with Crippen LogP contribution in [0.4, 0.5) is 0 Å². The van der Waals surface area contributed by atoms with Gasteiger partial charge < -0.3 is 23.7 Å². The molecule has 1 unspecified atom stereocenters. The van der Waals surface area contributed by atoms with Gasteiger partial charge in [0, 0.05) is 45.8 Å². The highest BCUT2D eigenvalue weighted by Gasteiger charge is 2.26. The molecule has 0 spiro atoms. The van der Waals surface area contributed by atoms with Crippen molar-refractivity contribution in [3.05, 3.63) is 24.2 Å². The maximum atomic E-state index is 13.4. The summed E-state index contributed by atoms with van der Waals surface area (Å²) < 4.78 is 16.7. The molecule has 8 heteroatoms. The van der Waals surface area contributed by atoms with Gasteiger partial charge in [-0.2, -0.15) is 0 Å². The Hall–Kier alpha value is -1.90. The molecule has 3 rings (SSSR count).